The molecule has 0 unspecified atom stereocenters. The van der Waals surface area contributed by atoms with Gasteiger partial charge in [0, 0.05) is 5.71 Å². The molecule has 6 heavy (non-hydrogen) atoms. The van der Waals surface area contributed by atoms with Gasteiger partial charge in [-0.05, 0) is 13.8 Å². The highest BCUT2D eigenvalue weighted by Gasteiger charge is 1.65. The summed E-state index contributed by atoms with van der Waals surface area (Å²) in [6, 6.07) is 0. The van der Waals surface area contributed by atoms with Crippen LogP contribution < -0.4 is 0 Å². The predicted octanol–water partition coefficient (Wildman–Crippen LogP) is 1.07. The van der Waals surface area contributed by atoms with Crippen LogP contribution >= 0.6 is 0 Å². The predicted molar refractivity (Wildman–Crippen MR) is 27.6 cm³/mol. The van der Waals surface area contributed by atoms with Gasteiger partial charge in [0.25, 0.3) is 0 Å². The van der Waals surface area contributed by atoms with E-state index in [9.17, 15) is 0 Å². The van der Waals surface area contributed by atoms with Crippen molar-refractivity contribution in [3.63, 3.8) is 0 Å². The molecule has 0 heterocycles. The Balaban J connectivity index is 3.41. The van der Waals surface area contributed by atoms with Crippen LogP contribution in [0.25, 0.3) is 0 Å². The van der Waals surface area contributed by atoms with Crippen molar-refractivity contribution in [3.05, 3.63) is 0 Å². The zero-order chi connectivity index (χ0) is 4.99. The topological polar surface area (TPSA) is 36.2 Å². The average Bonchev–Trinajstić information content (AvgIpc) is 1.35. The van der Waals surface area contributed by atoms with Gasteiger partial charge in [0.1, 0.15) is 6.34 Å². The zero-order valence-electron chi connectivity index (χ0n) is 4.02. The van der Waals surface area contributed by atoms with E-state index in [4.69, 9.17) is 5.41 Å². The SMILES string of the molecule is CC(C)=NC=N. The molecule has 0 rings (SSSR count). The van der Waals surface area contributed by atoms with Crippen LogP contribution in [-0.2, 0) is 0 Å². The molecule has 0 atom stereocenters. The second kappa shape index (κ2) is 2.57. The monoisotopic (exact) mass is 84.1 g/mol. The van der Waals surface area contributed by atoms with Crippen molar-refractivity contribution in [1.82, 2.24) is 0 Å². The number of hydrogen-bond acceptors (Lipinski definition) is 1. The van der Waals surface area contributed by atoms with E-state index >= 15 is 0 Å². The van der Waals surface area contributed by atoms with Crippen LogP contribution in [0.15, 0.2) is 4.99 Å². The molecule has 0 bridgehead atoms. The fourth-order valence-corrected chi connectivity index (χ4v) is 0.129. The number of nitrogens with one attached hydrogen (secondary N) is 1. The van der Waals surface area contributed by atoms with Crippen molar-refractivity contribution in [2.45, 2.75) is 13.8 Å². The highest BCUT2D eigenvalue weighted by Crippen LogP contribution is 1.65. The van der Waals surface area contributed by atoms with Gasteiger partial charge in [-0.2, -0.15) is 0 Å². The smallest absolute Gasteiger partial charge is 0.106 e. The first-order chi connectivity index (χ1) is 2.77. The average molecular weight is 84.1 g/mol. The molecule has 0 radical (unpaired) electrons. The number of rotatable bonds is 1. The summed E-state index contributed by atoms with van der Waals surface area (Å²) in [6.07, 6.45) is 1.04. The summed E-state index contributed by atoms with van der Waals surface area (Å²) < 4.78 is 0. The van der Waals surface area contributed by atoms with Crippen molar-refractivity contribution < 1.29 is 0 Å². The first kappa shape index (κ1) is 5.34. The molecule has 0 amide bonds. The van der Waals surface area contributed by atoms with E-state index in [1.165, 1.54) is 0 Å². The van der Waals surface area contributed by atoms with Crippen LogP contribution in [-0.4, -0.2) is 12.1 Å². The van der Waals surface area contributed by atoms with Gasteiger partial charge < -0.3 is 0 Å². The quantitative estimate of drug-likeness (QED) is 0.364. The summed E-state index contributed by atoms with van der Waals surface area (Å²) in [5, 5.41) is 6.42. The molecule has 0 aromatic carbocycles. The zero-order valence-corrected chi connectivity index (χ0v) is 4.02. The van der Waals surface area contributed by atoms with Crippen LogP contribution in [0, 0.1) is 5.41 Å². The minimum Gasteiger partial charge on any atom is -0.290 e. The Morgan fingerprint density at radius 1 is 1.67 bits per heavy atom. The molecule has 0 saturated carbocycles. The Morgan fingerprint density at radius 2 is 2.17 bits per heavy atom. The number of nitrogens with zero attached hydrogens (tertiary/aromatic N) is 1. The molecule has 0 aliphatic carbocycles. The summed E-state index contributed by atoms with van der Waals surface area (Å²) >= 11 is 0. The first-order valence-corrected chi connectivity index (χ1v) is 1.77. The first-order valence-electron chi connectivity index (χ1n) is 1.77. The van der Waals surface area contributed by atoms with Gasteiger partial charge in [-0.1, -0.05) is 0 Å². The second-order valence-corrected chi connectivity index (χ2v) is 1.21. The van der Waals surface area contributed by atoms with Gasteiger partial charge >= 0.3 is 0 Å². The molecule has 0 saturated heterocycles. The maximum Gasteiger partial charge on any atom is 0.106 e. The number of aliphatic imine (C=N–C) groups is 1. The number of hydrogen-bond donors (Lipinski definition) is 1. The molecule has 2 heteroatoms. The molecule has 0 aromatic rings. The largest absolute Gasteiger partial charge is 0.290 e. The summed E-state index contributed by atoms with van der Waals surface area (Å²) in [5.41, 5.74) is 0.921. The molecular formula is C4H8N2. The molecule has 0 fully saturated rings. The van der Waals surface area contributed by atoms with Crippen molar-refractivity contribution in [1.29, 1.82) is 5.41 Å². The van der Waals surface area contributed by atoms with Crippen molar-refractivity contribution >= 4 is 12.1 Å². The van der Waals surface area contributed by atoms with Crippen LogP contribution in [0.2, 0.25) is 0 Å². The van der Waals surface area contributed by atoms with Crippen molar-refractivity contribution in [2.24, 2.45) is 4.99 Å². The second-order valence-electron chi connectivity index (χ2n) is 1.21. The van der Waals surface area contributed by atoms with Crippen LogP contribution in [0.3, 0.4) is 0 Å². The minimum atomic E-state index is 0.921. The maximum atomic E-state index is 6.42. The standard InChI is InChI=1S/C4H8N2/c1-4(2)6-3-5/h3,5H,1-2H3. The minimum absolute atomic E-state index is 0.921. The van der Waals surface area contributed by atoms with Crippen LogP contribution in [0.5, 0.6) is 0 Å². The third-order valence-electron chi connectivity index (χ3n) is 0.323. The highest BCUT2D eigenvalue weighted by atomic mass is 14.7. The van der Waals surface area contributed by atoms with Gasteiger partial charge in [-0.25, -0.2) is 4.99 Å². The normalized spacial score (nSPS) is 7.00. The Kier molecular flexibility index (Phi) is 2.29. The Hall–Kier alpha value is -0.660. The van der Waals surface area contributed by atoms with Crippen LogP contribution in [0.4, 0.5) is 0 Å². The summed E-state index contributed by atoms with van der Waals surface area (Å²) in [7, 11) is 0. The Morgan fingerprint density at radius 3 is 2.17 bits per heavy atom. The van der Waals surface area contributed by atoms with E-state index < -0.39 is 0 Å². The highest BCUT2D eigenvalue weighted by molar-refractivity contribution is 5.85. The van der Waals surface area contributed by atoms with E-state index in [1.807, 2.05) is 13.8 Å². The molecule has 0 aliphatic heterocycles. The molecule has 34 valence electrons. The lowest BCUT2D eigenvalue weighted by atomic mass is 10.5. The summed E-state index contributed by atoms with van der Waals surface area (Å²) in [4.78, 5) is 3.58. The van der Waals surface area contributed by atoms with Gasteiger partial charge in [0.05, 0.1) is 0 Å². The fraction of sp³-hybridized carbons (Fsp3) is 0.500. The van der Waals surface area contributed by atoms with E-state index in [0.717, 1.165) is 12.1 Å². The third-order valence-corrected chi connectivity index (χ3v) is 0.323. The molecule has 1 N–H and O–H groups in total. The molecule has 0 aromatic heterocycles. The van der Waals surface area contributed by atoms with Gasteiger partial charge in [-0.3, -0.25) is 5.41 Å². The van der Waals surface area contributed by atoms with E-state index in [0.29, 0.717) is 0 Å². The summed E-state index contributed by atoms with van der Waals surface area (Å²) in [6.45, 7) is 3.70. The molecular weight excluding hydrogens is 76.1 g/mol. The third kappa shape index (κ3) is 3.34. The lowest BCUT2D eigenvalue weighted by molar-refractivity contribution is 1.49. The fourth-order valence-electron chi connectivity index (χ4n) is 0.129. The van der Waals surface area contributed by atoms with E-state index in [2.05, 4.69) is 4.99 Å². The van der Waals surface area contributed by atoms with E-state index in [1.54, 1.807) is 0 Å². The molecule has 0 spiro atoms. The molecule has 2 nitrogen and oxygen atoms in total. The van der Waals surface area contributed by atoms with Gasteiger partial charge in [-0.15, -0.1) is 0 Å². The lowest BCUT2D eigenvalue weighted by Gasteiger charge is -1.75. The van der Waals surface area contributed by atoms with Crippen molar-refractivity contribution in [3.8, 4) is 0 Å². The Labute approximate surface area is 37.4 Å². The maximum absolute atomic E-state index is 6.42. The van der Waals surface area contributed by atoms with E-state index in [-0.39, 0.29) is 0 Å². The van der Waals surface area contributed by atoms with Gasteiger partial charge in [0.15, 0.2) is 0 Å². The van der Waals surface area contributed by atoms with Gasteiger partial charge in [0.2, 0.25) is 0 Å². The lowest BCUT2D eigenvalue weighted by Crippen LogP contribution is -1.77. The van der Waals surface area contributed by atoms with Crippen molar-refractivity contribution in [2.75, 3.05) is 0 Å². The summed E-state index contributed by atoms with van der Waals surface area (Å²) in [5.74, 6) is 0. The molecule has 0 aliphatic rings. The van der Waals surface area contributed by atoms with Crippen LogP contribution in [0.1, 0.15) is 13.8 Å². The Bertz CT molecular complexity index is 69.6.